The van der Waals surface area contributed by atoms with Gasteiger partial charge in [0.05, 0.1) is 5.60 Å². The van der Waals surface area contributed by atoms with Gasteiger partial charge in [0, 0.05) is 12.0 Å². The molecule has 0 saturated carbocycles. The zero-order valence-electron chi connectivity index (χ0n) is 11.2. The molecule has 0 aromatic heterocycles. The Bertz CT molecular complexity index is 397. The molecule has 2 nitrogen and oxygen atoms in total. The molecule has 1 fully saturated rings. The second kappa shape index (κ2) is 4.98. The molecule has 1 unspecified atom stereocenters. The fourth-order valence-corrected chi connectivity index (χ4v) is 3.16. The summed E-state index contributed by atoms with van der Waals surface area (Å²) in [6, 6.07) is 6.87. The Hall–Kier alpha value is -0.930. The second-order valence-corrected chi connectivity index (χ2v) is 5.86. The molecule has 1 atom stereocenters. The maximum Gasteiger partial charge on any atom is 0.123 e. The Kier molecular flexibility index (Phi) is 3.74. The first kappa shape index (κ1) is 13.5. The molecule has 100 valence electrons. The van der Waals surface area contributed by atoms with Crippen LogP contribution in [0.4, 0.5) is 4.39 Å². The number of nitrogens with two attached hydrogens (primary N) is 1. The summed E-state index contributed by atoms with van der Waals surface area (Å²) in [7, 11) is 0. The molecule has 0 aliphatic carbocycles. The maximum atomic E-state index is 13.1. The second-order valence-electron chi connectivity index (χ2n) is 5.86. The number of hydrogen-bond donors (Lipinski definition) is 1. The van der Waals surface area contributed by atoms with Gasteiger partial charge in [-0.1, -0.05) is 12.1 Å². The first-order valence-corrected chi connectivity index (χ1v) is 6.58. The molecule has 0 amide bonds. The lowest BCUT2D eigenvalue weighted by Gasteiger charge is -2.45. The Morgan fingerprint density at radius 2 is 1.94 bits per heavy atom. The average molecular weight is 251 g/mol. The quantitative estimate of drug-likeness (QED) is 0.896. The smallest absolute Gasteiger partial charge is 0.123 e. The number of ether oxygens (including phenoxy) is 1. The summed E-state index contributed by atoms with van der Waals surface area (Å²) in [6.45, 7) is 5.61. The van der Waals surface area contributed by atoms with Crippen LogP contribution in [0.1, 0.15) is 38.7 Å². The van der Waals surface area contributed by atoms with E-state index in [1.165, 1.54) is 17.7 Å². The maximum absolute atomic E-state index is 13.1. The predicted molar refractivity (Wildman–Crippen MR) is 71.0 cm³/mol. The zero-order valence-corrected chi connectivity index (χ0v) is 11.2. The molecule has 1 heterocycles. The summed E-state index contributed by atoms with van der Waals surface area (Å²) in [4.78, 5) is 0. The fourth-order valence-electron chi connectivity index (χ4n) is 3.16. The first-order valence-electron chi connectivity index (χ1n) is 6.58. The number of hydrogen-bond acceptors (Lipinski definition) is 2. The lowest BCUT2D eigenvalue weighted by Crippen LogP contribution is -2.45. The van der Waals surface area contributed by atoms with Crippen molar-refractivity contribution in [3.8, 4) is 0 Å². The molecule has 2 N–H and O–H groups in total. The molecule has 0 radical (unpaired) electrons. The van der Waals surface area contributed by atoms with Crippen LogP contribution in [0.5, 0.6) is 0 Å². The largest absolute Gasteiger partial charge is 0.376 e. The minimum Gasteiger partial charge on any atom is -0.376 e. The van der Waals surface area contributed by atoms with E-state index in [9.17, 15) is 4.39 Å². The lowest BCUT2D eigenvalue weighted by molar-refractivity contribution is -0.0836. The first-order chi connectivity index (χ1) is 8.47. The molecule has 2 rings (SSSR count). The summed E-state index contributed by atoms with van der Waals surface area (Å²) in [5.74, 6) is -0.187. The predicted octanol–water partition coefficient (Wildman–Crippen LogP) is 3.00. The molecule has 1 aliphatic rings. The summed E-state index contributed by atoms with van der Waals surface area (Å²) >= 11 is 0. The monoisotopic (exact) mass is 251 g/mol. The molecule has 0 spiro atoms. The van der Waals surface area contributed by atoms with Crippen LogP contribution in [-0.4, -0.2) is 18.8 Å². The van der Waals surface area contributed by atoms with Crippen LogP contribution in [0, 0.1) is 5.82 Å². The zero-order chi connectivity index (χ0) is 13.2. The van der Waals surface area contributed by atoms with Crippen LogP contribution in [0.2, 0.25) is 0 Å². The highest BCUT2D eigenvalue weighted by Gasteiger charge is 2.41. The van der Waals surface area contributed by atoms with Gasteiger partial charge in [-0.2, -0.15) is 0 Å². The summed E-state index contributed by atoms with van der Waals surface area (Å²) in [6.07, 6.45) is 2.81. The number of halogens is 1. The molecular weight excluding hydrogens is 229 g/mol. The topological polar surface area (TPSA) is 35.2 Å². The van der Waals surface area contributed by atoms with E-state index in [1.54, 1.807) is 0 Å². The Morgan fingerprint density at radius 1 is 1.28 bits per heavy atom. The van der Waals surface area contributed by atoms with E-state index in [-0.39, 0.29) is 16.8 Å². The fraction of sp³-hybridized carbons (Fsp3) is 0.600. The van der Waals surface area contributed by atoms with E-state index < -0.39 is 0 Å². The number of rotatable bonds is 3. The third-order valence-electron chi connectivity index (χ3n) is 3.92. The van der Waals surface area contributed by atoms with E-state index in [1.807, 2.05) is 12.1 Å². The van der Waals surface area contributed by atoms with Crippen LogP contribution in [0.15, 0.2) is 24.3 Å². The molecule has 0 bridgehead atoms. The van der Waals surface area contributed by atoms with Crippen LogP contribution >= 0.6 is 0 Å². The molecular formula is C15H22FNO. The van der Waals surface area contributed by atoms with Gasteiger partial charge in [-0.15, -0.1) is 0 Å². The van der Waals surface area contributed by atoms with Crippen molar-refractivity contribution < 1.29 is 9.13 Å². The SMILES string of the molecule is CC1(C)CC(CCN)(c2ccc(F)cc2)CCO1. The van der Waals surface area contributed by atoms with Crippen LogP contribution < -0.4 is 5.73 Å². The van der Waals surface area contributed by atoms with Gasteiger partial charge in [-0.3, -0.25) is 0 Å². The molecule has 3 heteroatoms. The van der Waals surface area contributed by atoms with Gasteiger partial charge in [0.2, 0.25) is 0 Å². The third-order valence-corrected chi connectivity index (χ3v) is 3.92. The van der Waals surface area contributed by atoms with Crippen molar-refractivity contribution in [1.29, 1.82) is 0 Å². The molecule has 1 aromatic rings. The molecule has 1 aliphatic heterocycles. The van der Waals surface area contributed by atoms with E-state index >= 15 is 0 Å². The van der Waals surface area contributed by atoms with Crippen LogP contribution in [-0.2, 0) is 10.2 Å². The van der Waals surface area contributed by atoms with Crippen molar-refractivity contribution in [2.75, 3.05) is 13.2 Å². The van der Waals surface area contributed by atoms with Crippen molar-refractivity contribution in [2.45, 2.75) is 44.1 Å². The van der Waals surface area contributed by atoms with Crippen molar-refractivity contribution in [3.63, 3.8) is 0 Å². The normalized spacial score (nSPS) is 27.1. The van der Waals surface area contributed by atoms with Gasteiger partial charge < -0.3 is 10.5 Å². The minimum absolute atomic E-state index is 0.0319. The molecule has 18 heavy (non-hydrogen) atoms. The van der Waals surface area contributed by atoms with Crippen molar-refractivity contribution in [2.24, 2.45) is 5.73 Å². The van der Waals surface area contributed by atoms with E-state index in [2.05, 4.69) is 13.8 Å². The third kappa shape index (κ3) is 2.73. The van der Waals surface area contributed by atoms with Gasteiger partial charge in [0.15, 0.2) is 0 Å². The number of benzene rings is 1. The summed E-state index contributed by atoms with van der Waals surface area (Å²) < 4.78 is 18.9. The highest BCUT2D eigenvalue weighted by Crippen LogP contribution is 2.43. The Balaban J connectivity index is 2.34. The Labute approximate surface area is 108 Å². The highest BCUT2D eigenvalue weighted by atomic mass is 19.1. The molecule has 1 saturated heterocycles. The van der Waals surface area contributed by atoms with Crippen molar-refractivity contribution in [3.05, 3.63) is 35.6 Å². The average Bonchev–Trinajstić information content (AvgIpc) is 2.28. The van der Waals surface area contributed by atoms with Crippen LogP contribution in [0.3, 0.4) is 0 Å². The van der Waals surface area contributed by atoms with E-state index in [4.69, 9.17) is 10.5 Å². The van der Waals surface area contributed by atoms with Gasteiger partial charge in [-0.05, 0) is 57.4 Å². The standard InChI is InChI=1S/C15H22FNO/c1-14(2)11-15(7-9-17,8-10-18-14)12-3-5-13(16)6-4-12/h3-6H,7-11,17H2,1-2H3. The van der Waals surface area contributed by atoms with Gasteiger partial charge in [-0.25, -0.2) is 4.39 Å². The molecule has 1 aromatic carbocycles. The van der Waals surface area contributed by atoms with Crippen molar-refractivity contribution in [1.82, 2.24) is 0 Å². The Morgan fingerprint density at radius 3 is 2.50 bits per heavy atom. The minimum atomic E-state index is -0.187. The highest BCUT2D eigenvalue weighted by molar-refractivity contribution is 5.27. The van der Waals surface area contributed by atoms with Gasteiger partial charge >= 0.3 is 0 Å². The lowest BCUT2D eigenvalue weighted by atomic mass is 9.67. The van der Waals surface area contributed by atoms with E-state index in [0.29, 0.717) is 6.54 Å². The van der Waals surface area contributed by atoms with E-state index in [0.717, 1.165) is 25.9 Å². The van der Waals surface area contributed by atoms with Gasteiger partial charge in [0.1, 0.15) is 5.82 Å². The van der Waals surface area contributed by atoms with Crippen molar-refractivity contribution >= 4 is 0 Å². The summed E-state index contributed by atoms with van der Waals surface area (Å²) in [5, 5.41) is 0. The summed E-state index contributed by atoms with van der Waals surface area (Å²) in [5.41, 5.74) is 6.87. The van der Waals surface area contributed by atoms with Gasteiger partial charge in [0.25, 0.3) is 0 Å². The van der Waals surface area contributed by atoms with Crippen LogP contribution in [0.25, 0.3) is 0 Å².